The van der Waals surface area contributed by atoms with Gasteiger partial charge < -0.3 is 10.2 Å². The van der Waals surface area contributed by atoms with Crippen molar-refractivity contribution in [3.8, 4) is 0 Å². The Labute approximate surface area is 146 Å². The van der Waals surface area contributed by atoms with Gasteiger partial charge in [0.15, 0.2) is 5.13 Å². The summed E-state index contributed by atoms with van der Waals surface area (Å²) in [5.74, 6) is 0.0249. The van der Waals surface area contributed by atoms with Gasteiger partial charge in [0.1, 0.15) is 0 Å². The molecule has 1 amide bonds. The van der Waals surface area contributed by atoms with E-state index in [2.05, 4.69) is 25.2 Å². The highest BCUT2D eigenvalue weighted by Crippen LogP contribution is 2.21. The number of nitrogens with zero attached hydrogens (tertiary/aromatic N) is 5. The molecule has 1 aliphatic heterocycles. The lowest BCUT2D eigenvalue weighted by molar-refractivity contribution is -0.120. The SMILES string of the molecule is Cc1nn(C)c(C)c1NC(=O)C(C)N1CCN(c2nccs2)CC1. The second-order valence-electron chi connectivity index (χ2n) is 6.17. The molecule has 2 aromatic rings. The Balaban J connectivity index is 1.58. The smallest absolute Gasteiger partial charge is 0.241 e. The number of hydrogen-bond acceptors (Lipinski definition) is 6. The monoisotopic (exact) mass is 348 g/mol. The number of thiazole rings is 1. The molecular formula is C16H24N6OS. The van der Waals surface area contributed by atoms with E-state index in [4.69, 9.17) is 0 Å². The van der Waals surface area contributed by atoms with Crippen LogP contribution in [0.5, 0.6) is 0 Å². The van der Waals surface area contributed by atoms with Crippen molar-refractivity contribution in [2.45, 2.75) is 26.8 Å². The van der Waals surface area contributed by atoms with Crippen molar-refractivity contribution < 1.29 is 4.79 Å². The van der Waals surface area contributed by atoms with Crippen molar-refractivity contribution in [3.63, 3.8) is 0 Å². The molecule has 8 heteroatoms. The largest absolute Gasteiger partial charge is 0.346 e. The third-order valence-corrected chi connectivity index (χ3v) is 5.52. The standard InChI is InChI=1S/C16H24N6OS/c1-11-14(12(2)20(4)19-11)18-15(23)13(3)21-6-8-22(9-7-21)16-17-5-10-24-16/h5,10,13H,6-9H2,1-4H3,(H,18,23). The maximum absolute atomic E-state index is 12.6. The molecule has 0 aliphatic carbocycles. The summed E-state index contributed by atoms with van der Waals surface area (Å²) in [7, 11) is 1.89. The summed E-state index contributed by atoms with van der Waals surface area (Å²) < 4.78 is 1.79. The molecule has 0 bridgehead atoms. The molecule has 1 N–H and O–H groups in total. The van der Waals surface area contributed by atoms with Crippen LogP contribution in [-0.2, 0) is 11.8 Å². The number of carbonyl (C=O) groups excluding carboxylic acids is 1. The average Bonchev–Trinajstić information content (AvgIpc) is 3.19. The predicted octanol–water partition coefficient (Wildman–Crippen LogP) is 1.64. The minimum Gasteiger partial charge on any atom is -0.346 e. The maximum Gasteiger partial charge on any atom is 0.241 e. The van der Waals surface area contributed by atoms with Gasteiger partial charge in [0.25, 0.3) is 0 Å². The highest BCUT2D eigenvalue weighted by molar-refractivity contribution is 7.13. The van der Waals surface area contributed by atoms with E-state index < -0.39 is 0 Å². The Hall–Kier alpha value is -1.93. The normalized spacial score (nSPS) is 17.1. The first-order valence-corrected chi connectivity index (χ1v) is 9.05. The quantitative estimate of drug-likeness (QED) is 0.910. The van der Waals surface area contributed by atoms with Gasteiger partial charge >= 0.3 is 0 Å². The van der Waals surface area contributed by atoms with E-state index in [9.17, 15) is 4.79 Å². The highest BCUT2D eigenvalue weighted by atomic mass is 32.1. The second kappa shape index (κ2) is 6.90. The van der Waals surface area contributed by atoms with Crippen molar-refractivity contribution in [2.24, 2.45) is 7.05 Å². The predicted molar refractivity (Wildman–Crippen MR) is 96.7 cm³/mol. The zero-order chi connectivity index (χ0) is 17.3. The van der Waals surface area contributed by atoms with E-state index in [0.717, 1.165) is 48.4 Å². The molecular weight excluding hydrogens is 324 g/mol. The number of rotatable bonds is 4. The van der Waals surface area contributed by atoms with Gasteiger partial charge in [0.2, 0.25) is 5.91 Å². The van der Waals surface area contributed by atoms with Crippen LogP contribution in [0.15, 0.2) is 11.6 Å². The van der Waals surface area contributed by atoms with Crippen molar-refractivity contribution >= 4 is 28.1 Å². The zero-order valence-corrected chi connectivity index (χ0v) is 15.4. The number of nitrogens with one attached hydrogen (secondary N) is 1. The average molecular weight is 348 g/mol. The Kier molecular flexibility index (Phi) is 4.86. The van der Waals surface area contributed by atoms with Gasteiger partial charge in [-0.15, -0.1) is 11.3 Å². The summed E-state index contributed by atoms with van der Waals surface area (Å²) >= 11 is 1.66. The van der Waals surface area contributed by atoms with Crippen LogP contribution >= 0.6 is 11.3 Å². The van der Waals surface area contributed by atoms with Crippen LogP contribution in [0, 0.1) is 13.8 Å². The molecule has 24 heavy (non-hydrogen) atoms. The Morgan fingerprint density at radius 3 is 2.54 bits per heavy atom. The fraction of sp³-hybridized carbons (Fsp3) is 0.562. The lowest BCUT2D eigenvalue weighted by Crippen LogP contribution is -2.52. The lowest BCUT2D eigenvalue weighted by atomic mass is 10.2. The first-order chi connectivity index (χ1) is 11.5. The highest BCUT2D eigenvalue weighted by Gasteiger charge is 2.27. The molecule has 1 atom stereocenters. The van der Waals surface area contributed by atoms with E-state index in [-0.39, 0.29) is 11.9 Å². The summed E-state index contributed by atoms with van der Waals surface area (Å²) in [4.78, 5) is 21.5. The third-order valence-electron chi connectivity index (χ3n) is 4.69. The van der Waals surface area contributed by atoms with Crippen LogP contribution in [0.4, 0.5) is 10.8 Å². The topological polar surface area (TPSA) is 66.3 Å². The van der Waals surface area contributed by atoms with Crippen molar-refractivity contribution in [1.82, 2.24) is 19.7 Å². The van der Waals surface area contributed by atoms with Gasteiger partial charge in [-0.05, 0) is 20.8 Å². The molecule has 1 fully saturated rings. The molecule has 1 unspecified atom stereocenters. The molecule has 3 rings (SSSR count). The minimum absolute atomic E-state index is 0.0249. The summed E-state index contributed by atoms with van der Waals surface area (Å²) in [5.41, 5.74) is 2.65. The number of anilines is 2. The first kappa shape index (κ1) is 16.9. The number of carbonyl (C=O) groups is 1. The minimum atomic E-state index is -0.164. The second-order valence-corrected chi connectivity index (χ2v) is 7.05. The van der Waals surface area contributed by atoms with E-state index in [1.165, 1.54) is 0 Å². The third kappa shape index (κ3) is 3.29. The van der Waals surface area contributed by atoms with Crippen LogP contribution in [0.3, 0.4) is 0 Å². The number of amides is 1. The molecule has 0 aromatic carbocycles. The zero-order valence-electron chi connectivity index (χ0n) is 14.6. The van der Waals surface area contributed by atoms with Gasteiger partial charge in [-0.3, -0.25) is 14.4 Å². The molecule has 7 nitrogen and oxygen atoms in total. The van der Waals surface area contributed by atoms with Gasteiger partial charge in [0, 0.05) is 44.8 Å². The lowest BCUT2D eigenvalue weighted by Gasteiger charge is -2.37. The van der Waals surface area contributed by atoms with Gasteiger partial charge in [0.05, 0.1) is 23.1 Å². The molecule has 0 spiro atoms. The van der Waals surface area contributed by atoms with E-state index in [1.54, 1.807) is 16.0 Å². The number of aromatic nitrogens is 3. The first-order valence-electron chi connectivity index (χ1n) is 8.17. The molecule has 1 saturated heterocycles. The summed E-state index contributed by atoms with van der Waals surface area (Å²) in [6.07, 6.45) is 1.83. The Morgan fingerprint density at radius 1 is 1.29 bits per heavy atom. The Morgan fingerprint density at radius 2 is 2.00 bits per heavy atom. The Bertz CT molecular complexity index is 702. The van der Waals surface area contributed by atoms with Gasteiger partial charge in [-0.25, -0.2) is 4.98 Å². The molecule has 1 aliphatic rings. The summed E-state index contributed by atoms with van der Waals surface area (Å²) in [5, 5.41) is 10.5. The van der Waals surface area contributed by atoms with Gasteiger partial charge in [-0.1, -0.05) is 0 Å². The maximum atomic E-state index is 12.6. The van der Waals surface area contributed by atoms with Crippen LogP contribution in [-0.4, -0.2) is 57.8 Å². The summed E-state index contributed by atoms with van der Waals surface area (Å²) in [6, 6.07) is -0.164. The van der Waals surface area contributed by atoms with Crippen LogP contribution in [0.2, 0.25) is 0 Å². The van der Waals surface area contributed by atoms with Crippen LogP contribution in [0.25, 0.3) is 0 Å². The van der Waals surface area contributed by atoms with E-state index >= 15 is 0 Å². The molecule has 0 saturated carbocycles. The van der Waals surface area contributed by atoms with Crippen molar-refractivity contribution in [3.05, 3.63) is 23.0 Å². The summed E-state index contributed by atoms with van der Waals surface area (Å²) in [6.45, 7) is 9.37. The molecule has 0 radical (unpaired) electrons. The number of hydrogen-bond donors (Lipinski definition) is 1. The number of piperazine rings is 1. The molecule has 130 valence electrons. The molecule has 3 heterocycles. The van der Waals surface area contributed by atoms with Crippen molar-refractivity contribution in [2.75, 3.05) is 36.4 Å². The van der Waals surface area contributed by atoms with Gasteiger partial charge in [-0.2, -0.15) is 5.10 Å². The van der Waals surface area contributed by atoms with E-state index in [1.807, 2.05) is 39.4 Å². The van der Waals surface area contributed by atoms with Crippen LogP contribution < -0.4 is 10.2 Å². The van der Waals surface area contributed by atoms with Crippen LogP contribution in [0.1, 0.15) is 18.3 Å². The number of aryl methyl sites for hydroxylation is 2. The fourth-order valence-electron chi connectivity index (χ4n) is 3.02. The van der Waals surface area contributed by atoms with E-state index in [0.29, 0.717) is 0 Å². The van der Waals surface area contributed by atoms with Crippen molar-refractivity contribution in [1.29, 1.82) is 0 Å². The fourth-order valence-corrected chi connectivity index (χ4v) is 3.72. The molecule has 2 aromatic heterocycles.